The minimum atomic E-state index is -3.71. The molecule has 28 heavy (non-hydrogen) atoms. The largest absolute Gasteiger partial charge is 0.352 e. The van der Waals surface area contributed by atoms with Crippen molar-refractivity contribution in [3.05, 3.63) is 60.4 Å². The summed E-state index contributed by atoms with van der Waals surface area (Å²) in [6.07, 6.45) is 3.45. The van der Waals surface area contributed by atoms with Crippen LogP contribution in [0.1, 0.15) is 5.56 Å². The Hall–Kier alpha value is -3.29. The Kier molecular flexibility index (Phi) is 4.77. The van der Waals surface area contributed by atoms with Crippen LogP contribution in [0.2, 0.25) is 0 Å². The zero-order valence-corrected chi connectivity index (χ0v) is 15.7. The SMILES string of the molecule is N#Cc1ccccc1S(=O)(=O)N1CCN(c2ccc(-n3cccn3)nn2)CC1. The summed E-state index contributed by atoms with van der Waals surface area (Å²) in [5, 5.41) is 21.7. The summed E-state index contributed by atoms with van der Waals surface area (Å²) in [6, 6.07) is 13.7. The first-order valence-electron chi connectivity index (χ1n) is 8.67. The van der Waals surface area contributed by atoms with Crippen LogP contribution in [0.5, 0.6) is 0 Å². The second kappa shape index (κ2) is 7.38. The number of hydrogen-bond acceptors (Lipinski definition) is 7. The second-order valence-corrected chi connectivity index (χ2v) is 8.11. The van der Waals surface area contributed by atoms with Gasteiger partial charge < -0.3 is 4.90 Å². The molecule has 0 atom stereocenters. The highest BCUT2D eigenvalue weighted by Crippen LogP contribution is 2.22. The number of hydrogen-bond donors (Lipinski definition) is 0. The van der Waals surface area contributed by atoms with E-state index in [0.717, 1.165) is 0 Å². The standard InChI is InChI=1S/C18H17N7O2S/c19-14-15-4-1-2-5-16(15)28(26,27)24-12-10-23(11-13-24)17-6-7-18(22-21-17)25-9-3-8-20-25/h1-9H,10-13H2. The quantitative estimate of drug-likeness (QED) is 0.649. The summed E-state index contributed by atoms with van der Waals surface area (Å²) in [5.41, 5.74) is 0.157. The topological polar surface area (TPSA) is 108 Å². The van der Waals surface area contributed by atoms with Gasteiger partial charge in [-0.1, -0.05) is 12.1 Å². The van der Waals surface area contributed by atoms with E-state index in [1.807, 2.05) is 23.1 Å². The minimum absolute atomic E-state index is 0.0503. The first-order chi connectivity index (χ1) is 13.6. The van der Waals surface area contributed by atoms with Crippen molar-refractivity contribution in [1.82, 2.24) is 24.3 Å². The van der Waals surface area contributed by atoms with Gasteiger partial charge in [0.25, 0.3) is 0 Å². The number of aromatic nitrogens is 4. The lowest BCUT2D eigenvalue weighted by Gasteiger charge is -2.34. The van der Waals surface area contributed by atoms with Gasteiger partial charge in [0.05, 0.1) is 10.5 Å². The van der Waals surface area contributed by atoms with E-state index in [1.54, 1.807) is 35.3 Å². The fraction of sp³-hybridized carbons (Fsp3) is 0.222. The van der Waals surface area contributed by atoms with E-state index in [9.17, 15) is 13.7 Å². The second-order valence-electron chi connectivity index (χ2n) is 6.20. The maximum atomic E-state index is 12.9. The highest BCUT2D eigenvalue weighted by molar-refractivity contribution is 7.89. The molecule has 0 saturated carbocycles. The number of nitriles is 1. The van der Waals surface area contributed by atoms with Gasteiger partial charge >= 0.3 is 0 Å². The highest BCUT2D eigenvalue weighted by atomic mass is 32.2. The number of piperazine rings is 1. The predicted octanol–water partition coefficient (Wildman–Crippen LogP) is 1.04. The van der Waals surface area contributed by atoms with Gasteiger partial charge in [-0.15, -0.1) is 10.2 Å². The molecule has 1 fully saturated rings. The fourth-order valence-corrected chi connectivity index (χ4v) is 4.66. The normalized spacial score (nSPS) is 15.3. The lowest BCUT2D eigenvalue weighted by molar-refractivity contribution is 0.383. The summed E-state index contributed by atoms with van der Waals surface area (Å²) >= 11 is 0. The molecule has 1 saturated heterocycles. The summed E-state index contributed by atoms with van der Waals surface area (Å²) < 4.78 is 28.8. The van der Waals surface area contributed by atoms with E-state index in [1.165, 1.54) is 16.4 Å². The van der Waals surface area contributed by atoms with Gasteiger partial charge in [0.15, 0.2) is 11.6 Å². The number of sulfonamides is 1. The molecule has 0 unspecified atom stereocenters. The third kappa shape index (κ3) is 3.33. The van der Waals surface area contributed by atoms with Gasteiger partial charge in [0.2, 0.25) is 10.0 Å². The molecular weight excluding hydrogens is 378 g/mol. The lowest BCUT2D eigenvalue weighted by atomic mass is 10.2. The summed E-state index contributed by atoms with van der Waals surface area (Å²) in [7, 11) is -3.71. The molecule has 0 spiro atoms. The minimum Gasteiger partial charge on any atom is -0.352 e. The van der Waals surface area contributed by atoms with E-state index in [4.69, 9.17) is 0 Å². The van der Waals surface area contributed by atoms with Gasteiger partial charge in [-0.2, -0.15) is 14.7 Å². The Morgan fingerprint density at radius 3 is 2.29 bits per heavy atom. The van der Waals surface area contributed by atoms with Crippen LogP contribution < -0.4 is 4.90 Å². The average molecular weight is 395 g/mol. The first-order valence-corrected chi connectivity index (χ1v) is 10.1. The molecule has 0 aliphatic carbocycles. The third-order valence-corrected chi connectivity index (χ3v) is 6.52. The Morgan fingerprint density at radius 1 is 0.929 bits per heavy atom. The molecule has 3 aromatic rings. The maximum absolute atomic E-state index is 12.9. The predicted molar refractivity (Wildman–Crippen MR) is 101 cm³/mol. The lowest BCUT2D eigenvalue weighted by Crippen LogP contribution is -2.49. The van der Waals surface area contributed by atoms with Crippen LogP contribution in [0.4, 0.5) is 5.82 Å². The Morgan fingerprint density at radius 2 is 1.64 bits per heavy atom. The molecule has 1 aliphatic heterocycles. The van der Waals surface area contributed by atoms with Gasteiger partial charge in [0, 0.05) is 38.6 Å². The maximum Gasteiger partial charge on any atom is 0.244 e. The highest BCUT2D eigenvalue weighted by Gasteiger charge is 2.30. The van der Waals surface area contributed by atoms with Crippen molar-refractivity contribution in [2.24, 2.45) is 0 Å². The molecule has 0 amide bonds. The molecule has 10 heteroatoms. The smallest absolute Gasteiger partial charge is 0.244 e. The van der Waals surface area contributed by atoms with Gasteiger partial charge in [-0.25, -0.2) is 13.1 Å². The van der Waals surface area contributed by atoms with Crippen molar-refractivity contribution in [2.45, 2.75) is 4.90 Å². The van der Waals surface area contributed by atoms with E-state index in [0.29, 0.717) is 37.8 Å². The van der Waals surface area contributed by atoms with Crippen LogP contribution in [0.3, 0.4) is 0 Å². The molecule has 0 bridgehead atoms. The summed E-state index contributed by atoms with van der Waals surface area (Å²) in [6.45, 7) is 1.60. The van der Waals surface area contributed by atoms with Crippen molar-refractivity contribution in [1.29, 1.82) is 5.26 Å². The van der Waals surface area contributed by atoms with Crippen LogP contribution in [0.15, 0.2) is 59.8 Å². The monoisotopic (exact) mass is 395 g/mol. The van der Waals surface area contributed by atoms with Gasteiger partial charge in [-0.3, -0.25) is 0 Å². The Bertz CT molecular complexity index is 1100. The summed E-state index contributed by atoms with van der Waals surface area (Å²) in [5.74, 6) is 1.30. The average Bonchev–Trinajstić information content (AvgIpc) is 3.29. The van der Waals surface area contributed by atoms with Crippen LogP contribution in [0, 0.1) is 11.3 Å². The van der Waals surface area contributed by atoms with Crippen molar-refractivity contribution in [3.63, 3.8) is 0 Å². The van der Waals surface area contributed by atoms with Crippen molar-refractivity contribution < 1.29 is 8.42 Å². The Balaban J connectivity index is 1.47. The zero-order chi connectivity index (χ0) is 19.6. The molecule has 9 nitrogen and oxygen atoms in total. The van der Waals surface area contributed by atoms with E-state index in [-0.39, 0.29) is 10.5 Å². The van der Waals surface area contributed by atoms with Crippen LogP contribution in [-0.4, -0.2) is 58.9 Å². The molecule has 1 aliphatic rings. The fourth-order valence-electron chi connectivity index (χ4n) is 3.09. The third-order valence-electron chi connectivity index (χ3n) is 4.56. The Labute approximate surface area is 162 Å². The van der Waals surface area contributed by atoms with Crippen molar-refractivity contribution in [2.75, 3.05) is 31.1 Å². The molecular formula is C18H17N7O2S. The van der Waals surface area contributed by atoms with Crippen LogP contribution in [-0.2, 0) is 10.0 Å². The van der Waals surface area contributed by atoms with Crippen LogP contribution >= 0.6 is 0 Å². The summed E-state index contributed by atoms with van der Waals surface area (Å²) in [4.78, 5) is 2.04. The van der Waals surface area contributed by atoms with Crippen molar-refractivity contribution >= 4 is 15.8 Å². The van der Waals surface area contributed by atoms with Crippen LogP contribution in [0.25, 0.3) is 5.82 Å². The van der Waals surface area contributed by atoms with Crippen molar-refractivity contribution in [3.8, 4) is 11.9 Å². The molecule has 4 rings (SSSR count). The molecule has 142 valence electrons. The van der Waals surface area contributed by atoms with Gasteiger partial charge in [0.1, 0.15) is 6.07 Å². The first kappa shape index (κ1) is 18.1. The van der Waals surface area contributed by atoms with E-state index < -0.39 is 10.0 Å². The molecule has 2 aromatic heterocycles. The molecule has 0 N–H and O–H groups in total. The zero-order valence-electron chi connectivity index (χ0n) is 14.9. The van der Waals surface area contributed by atoms with E-state index in [2.05, 4.69) is 15.3 Å². The molecule has 3 heterocycles. The molecule has 0 radical (unpaired) electrons. The van der Waals surface area contributed by atoms with E-state index >= 15 is 0 Å². The molecule has 1 aromatic carbocycles. The number of nitrogens with zero attached hydrogens (tertiary/aromatic N) is 7. The number of benzene rings is 1. The number of rotatable bonds is 4. The van der Waals surface area contributed by atoms with Gasteiger partial charge in [-0.05, 0) is 30.3 Å². The number of anilines is 1.